The Morgan fingerprint density at radius 2 is 1.93 bits per heavy atom. The first-order valence-electron chi connectivity index (χ1n) is 9.20. The number of Topliss-reactive ketones (excluding diaryl/α,β-unsaturated/α-hetero) is 1. The second-order valence-electron chi connectivity index (χ2n) is 6.69. The number of unbranched alkanes of at least 4 members (excludes halogenated alkanes) is 1. The van der Waals surface area contributed by atoms with Crippen LogP contribution in [-0.2, 0) is 9.59 Å². The number of hydrogen-bond donors (Lipinski definition) is 1. The molecule has 0 aliphatic carbocycles. The van der Waals surface area contributed by atoms with Gasteiger partial charge in [-0.1, -0.05) is 13.3 Å². The summed E-state index contributed by atoms with van der Waals surface area (Å²) in [5, 5.41) is 11.0. The van der Waals surface area contributed by atoms with Gasteiger partial charge >= 0.3 is 0 Å². The van der Waals surface area contributed by atoms with Crippen molar-refractivity contribution >= 4 is 17.4 Å². The molecule has 3 heterocycles. The summed E-state index contributed by atoms with van der Waals surface area (Å²) in [4.78, 5) is 31.1. The van der Waals surface area contributed by atoms with E-state index in [9.17, 15) is 14.7 Å². The number of carbonyl (C=O) groups excluding carboxylic acids is 2. The number of aliphatic hydroxyl groups is 1. The van der Waals surface area contributed by atoms with E-state index in [4.69, 9.17) is 9.47 Å². The number of likely N-dealkylation sites (tertiary alicyclic amines) is 1. The molecule has 2 aromatic rings. The van der Waals surface area contributed by atoms with E-state index < -0.39 is 17.7 Å². The SMILES string of the molecule is CCCCN1C(=O)C(=O)/C(=C(\O)c2ccc3c(c2)OCO3)C1c1ccncc1. The van der Waals surface area contributed by atoms with E-state index in [0.717, 1.165) is 18.4 Å². The Bertz CT molecular complexity index is 955. The summed E-state index contributed by atoms with van der Waals surface area (Å²) in [6, 6.07) is 7.78. The van der Waals surface area contributed by atoms with Crippen LogP contribution in [0.3, 0.4) is 0 Å². The predicted octanol–water partition coefficient (Wildman–Crippen LogP) is 3.03. The lowest BCUT2D eigenvalue weighted by Crippen LogP contribution is -2.30. The number of fused-ring (bicyclic) bond motifs is 1. The lowest BCUT2D eigenvalue weighted by Gasteiger charge is -2.25. The zero-order valence-electron chi connectivity index (χ0n) is 15.4. The molecule has 0 radical (unpaired) electrons. The summed E-state index contributed by atoms with van der Waals surface area (Å²) in [5.74, 6) is -0.446. The van der Waals surface area contributed by atoms with E-state index in [1.807, 2.05) is 6.92 Å². The van der Waals surface area contributed by atoms with Crippen LogP contribution in [0.2, 0.25) is 0 Å². The number of amides is 1. The number of rotatable bonds is 5. The summed E-state index contributed by atoms with van der Waals surface area (Å²) in [5.41, 5.74) is 1.20. The van der Waals surface area contributed by atoms with Gasteiger partial charge in [0.1, 0.15) is 5.76 Å². The highest BCUT2D eigenvalue weighted by atomic mass is 16.7. The highest BCUT2D eigenvalue weighted by molar-refractivity contribution is 6.46. The first-order valence-corrected chi connectivity index (χ1v) is 9.20. The average Bonchev–Trinajstić information content (AvgIpc) is 3.29. The van der Waals surface area contributed by atoms with Crippen LogP contribution in [0.15, 0.2) is 48.3 Å². The molecule has 1 amide bonds. The van der Waals surface area contributed by atoms with Crippen LogP contribution < -0.4 is 9.47 Å². The fraction of sp³-hybridized carbons (Fsp3) is 0.286. The third-order valence-electron chi connectivity index (χ3n) is 4.96. The van der Waals surface area contributed by atoms with Crippen LogP contribution in [0.25, 0.3) is 5.76 Å². The fourth-order valence-corrected chi connectivity index (χ4v) is 3.53. The zero-order chi connectivity index (χ0) is 19.7. The third kappa shape index (κ3) is 2.98. The molecule has 0 spiro atoms. The van der Waals surface area contributed by atoms with E-state index in [1.54, 1.807) is 42.7 Å². The van der Waals surface area contributed by atoms with Crippen molar-refractivity contribution in [2.45, 2.75) is 25.8 Å². The molecule has 1 N–H and O–H groups in total. The second kappa shape index (κ2) is 7.34. The number of pyridine rings is 1. The minimum absolute atomic E-state index is 0.0752. The summed E-state index contributed by atoms with van der Waals surface area (Å²) in [7, 11) is 0. The highest BCUT2D eigenvalue weighted by Crippen LogP contribution is 2.41. The van der Waals surface area contributed by atoms with Crippen molar-refractivity contribution < 1.29 is 24.2 Å². The molecule has 2 aliphatic rings. The topological polar surface area (TPSA) is 89.0 Å². The van der Waals surface area contributed by atoms with Crippen LogP contribution in [0.5, 0.6) is 11.5 Å². The molecule has 7 heteroatoms. The Labute approximate surface area is 162 Å². The van der Waals surface area contributed by atoms with Crippen molar-refractivity contribution in [1.82, 2.24) is 9.88 Å². The molecule has 2 aliphatic heterocycles. The summed E-state index contributed by atoms with van der Waals surface area (Å²) < 4.78 is 10.7. The summed E-state index contributed by atoms with van der Waals surface area (Å²) in [6.07, 6.45) is 4.86. The molecule has 1 fully saturated rings. The van der Waals surface area contributed by atoms with Gasteiger partial charge in [-0.2, -0.15) is 0 Å². The summed E-state index contributed by atoms with van der Waals surface area (Å²) in [6.45, 7) is 2.56. The minimum Gasteiger partial charge on any atom is -0.507 e. The maximum atomic E-state index is 12.8. The first kappa shape index (κ1) is 18.0. The number of aliphatic hydroxyl groups excluding tert-OH is 1. The number of hydrogen-bond acceptors (Lipinski definition) is 6. The van der Waals surface area contributed by atoms with Gasteiger partial charge in [-0.25, -0.2) is 0 Å². The lowest BCUT2D eigenvalue weighted by atomic mass is 9.95. The van der Waals surface area contributed by atoms with Gasteiger partial charge in [-0.05, 0) is 42.3 Å². The van der Waals surface area contributed by atoms with E-state index in [2.05, 4.69) is 4.98 Å². The Balaban J connectivity index is 1.83. The molecule has 1 saturated heterocycles. The molecule has 4 rings (SSSR count). The quantitative estimate of drug-likeness (QED) is 0.487. The van der Waals surface area contributed by atoms with Gasteiger partial charge in [-0.15, -0.1) is 0 Å². The smallest absolute Gasteiger partial charge is 0.295 e. The van der Waals surface area contributed by atoms with Crippen molar-refractivity contribution in [3.8, 4) is 11.5 Å². The molecule has 1 atom stereocenters. The van der Waals surface area contributed by atoms with E-state index >= 15 is 0 Å². The molecule has 28 heavy (non-hydrogen) atoms. The minimum atomic E-state index is -0.687. The van der Waals surface area contributed by atoms with Gasteiger partial charge in [0.25, 0.3) is 11.7 Å². The predicted molar refractivity (Wildman–Crippen MR) is 101 cm³/mol. The molecule has 0 bridgehead atoms. The van der Waals surface area contributed by atoms with Crippen molar-refractivity contribution in [2.75, 3.05) is 13.3 Å². The first-order chi connectivity index (χ1) is 13.6. The second-order valence-corrected chi connectivity index (χ2v) is 6.69. The highest BCUT2D eigenvalue weighted by Gasteiger charge is 2.45. The fourth-order valence-electron chi connectivity index (χ4n) is 3.53. The molecular formula is C21H20N2O5. The molecule has 144 valence electrons. The number of nitrogens with zero attached hydrogens (tertiary/aromatic N) is 2. The number of carbonyl (C=O) groups is 2. The molecular weight excluding hydrogens is 360 g/mol. The van der Waals surface area contributed by atoms with Crippen LogP contribution >= 0.6 is 0 Å². The maximum absolute atomic E-state index is 12.8. The Kier molecular flexibility index (Phi) is 4.73. The Hall–Kier alpha value is -3.35. The molecule has 0 saturated carbocycles. The Morgan fingerprint density at radius 1 is 1.18 bits per heavy atom. The van der Waals surface area contributed by atoms with E-state index in [1.165, 1.54) is 4.90 Å². The molecule has 7 nitrogen and oxygen atoms in total. The lowest BCUT2D eigenvalue weighted by molar-refractivity contribution is -0.139. The number of ketones is 1. The normalized spacial score (nSPS) is 20.0. The zero-order valence-corrected chi connectivity index (χ0v) is 15.4. The molecule has 1 aromatic heterocycles. The van der Waals surface area contributed by atoms with Crippen LogP contribution in [0.4, 0.5) is 0 Å². The average molecular weight is 380 g/mol. The largest absolute Gasteiger partial charge is 0.507 e. The molecule has 1 unspecified atom stereocenters. The summed E-state index contributed by atoms with van der Waals surface area (Å²) >= 11 is 0. The van der Waals surface area contributed by atoms with Crippen molar-refractivity contribution in [3.05, 3.63) is 59.4 Å². The van der Waals surface area contributed by atoms with E-state index in [-0.39, 0.29) is 18.1 Å². The standard InChI is InChI=1S/C21H20N2O5/c1-2-3-10-23-18(13-6-8-22-9-7-13)17(20(25)21(23)26)19(24)14-4-5-15-16(11-14)28-12-27-15/h4-9,11,18,24H,2-3,10,12H2,1H3/b19-17-. The van der Waals surface area contributed by atoms with Crippen molar-refractivity contribution in [2.24, 2.45) is 0 Å². The van der Waals surface area contributed by atoms with Crippen LogP contribution in [-0.4, -0.2) is 40.0 Å². The number of aromatic nitrogens is 1. The molecule has 1 aromatic carbocycles. The van der Waals surface area contributed by atoms with Gasteiger partial charge in [0, 0.05) is 24.5 Å². The van der Waals surface area contributed by atoms with Crippen LogP contribution in [0, 0.1) is 0 Å². The van der Waals surface area contributed by atoms with Gasteiger partial charge in [-0.3, -0.25) is 14.6 Å². The number of ether oxygens (including phenoxy) is 2. The third-order valence-corrected chi connectivity index (χ3v) is 4.96. The Morgan fingerprint density at radius 3 is 2.68 bits per heavy atom. The monoisotopic (exact) mass is 380 g/mol. The van der Waals surface area contributed by atoms with Crippen molar-refractivity contribution in [3.63, 3.8) is 0 Å². The van der Waals surface area contributed by atoms with Gasteiger partial charge in [0.2, 0.25) is 6.79 Å². The van der Waals surface area contributed by atoms with Crippen molar-refractivity contribution in [1.29, 1.82) is 0 Å². The van der Waals surface area contributed by atoms with Gasteiger partial charge < -0.3 is 19.5 Å². The number of benzene rings is 1. The van der Waals surface area contributed by atoms with Gasteiger partial charge in [0.15, 0.2) is 11.5 Å². The van der Waals surface area contributed by atoms with Gasteiger partial charge in [0.05, 0.1) is 11.6 Å². The van der Waals surface area contributed by atoms with E-state index in [0.29, 0.717) is 23.6 Å². The van der Waals surface area contributed by atoms with Crippen LogP contribution in [0.1, 0.15) is 36.9 Å². The maximum Gasteiger partial charge on any atom is 0.295 e.